The van der Waals surface area contributed by atoms with E-state index in [1.165, 1.54) is 31.0 Å². The van der Waals surface area contributed by atoms with Crippen LogP contribution in [0, 0.1) is 5.82 Å². The predicted octanol–water partition coefficient (Wildman–Crippen LogP) is 2.90. The summed E-state index contributed by atoms with van der Waals surface area (Å²) in [5.74, 6) is -0.545. The molecule has 1 saturated heterocycles. The van der Waals surface area contributed by atoms with Gasteiger partial charge in [-0.2, -0.15) is 0 Å². The summed E-state index contributed by atoms with van der Waals surface area (Å²) in [4.78, 5) is 14.0. The monoisotopic (exact) mass is 270 g/mol. The van der Waals surface area contributed by atoms with Crippen molar-refractivity contribution in [3.63, 3.8) is 0 Å². The number of amides is 1. The second-order valence-corrected chi connectivity index (χ2v) is 4.88. The number of likely N-dealkylation sites (tertiary alicyclic amines) is 1. The van der Waals surface area contributed by atoms with E-state index in [-0.39, 0.29) is 10.9 Å². The first-order valence-electron chi connectivity index (χ1n) is 6.12. The lowest BCUT2D eigenvalue weighted by Crippen LogP contribution is -2.25. The number of carbonyl (C=O) groups excluding carboxylic acids is 1. The molecule has 0 saturated carbocycles. The first kappa shape index (κ1) is 13.3. The lowest BCUT2D eigenvalue weighted by atomic mass is 10.3. The first-order chi connectivity index (χ1) is 8.65. The van der Waals surface area contributed by atoms with E-state index < -0.39 is 5.82 Å². The molecular weight excluding hydrogens is 255 g/mol. The van der Waals surface area contributed by atoms with Gasteiger partial charge in [-0.3, -0.25) is 4.79 Å². The number of halogens is 2. The topological polar surface area (TPSA) is 32.3 Å². The third-order valence-electron chi connectivity index (χ3n) is 3.06. The molecule has 0 aromatic heterocycles. The van der Waals surface area contributed by atoms with Crippen LogP contribution in [0.1, 0.15) is 19.3 Å². The van der Waals surface area contributed by atoms with Crippen LogP contribution < -0.4 is 5.32 Å². The second-order valence-electron chi connectivity index (χ2n) is 4.48. The van der Waals surface area contributed by atoms with Crippen molar-refractivity contribution >= 4 is 23.2 Å². The standard InChI is InChI=1S/C13H16ClFN2O/c14-11-9-10(3-4-12(11)15)16-13(18)5-8-17-6-1-2-7-17/h3-4,9H,1-2,5-8H2,(H,16,18). The molecule has 0 bridgehead atoms. The molecule has 18 heavy (non-hydrogen) atoms. The molecule has 3 nitrogen and oxygen atoms in total. The zero-order valence-electron chi connectivity index (χ0n) is 10.1. The minimum atomic E-state index is -0.480. The number of hydrogen-bond donors (Lipinski definition) is 1. The fourth-order valence-corrected chi connectivity index (χ4v) is 2.24. The van der Waals surface area contributed by atoms with Crippen LogP contribution in [0.15, 0.2) is 18.2 Å². The van der Waals surface area contributed by atoms with Crippen LogP contribution in [0.25, 0.3) is 0 Å². The Morgan fingerprint density at radius 3 is 2.78 bits per heavy atom. The van der Waals surface area contributed by atoms with Crippen LogP contribution in [-0.2, 0) is 4.79 Å². The Kier molecular flexibility index (Phi) is 4.55. The smallest absolute Gasteiger partial charge is 0.225 e. The highest BCUT2D eigenvalue weighted by Crippen LogP contribution is 2.19. The molecule has 0 unspecified atom stereocenters. The van der Waals surface area contributed by atoms with Crippen molar-refractivity contribution in [1.29, 1.82) is 0 Å². The van der Waals surface area contributed by atoms with Gasteiger partial charge < -0.3 is 10.2 Å². The maximum absolute atomic E-state index is 12.9. The third kappa shape index (κ3) is 3.68. The van der Waals surface area contributed by atoms with Crippen molar-refractivity contribution in [2.75, 3.05) is 25.0 Å². The van der Waals surface area contributed by atoms with Crippen LogP contribution >= 0.6 is 11.6 Å². The SMILES string of the molecule is O=C(CCN1CCCC1)Nc1ccc(F)c(Cl)c1. The molecule has 1 aliphatic heterocycles. The zero-order chi connectivity index (χ0) is 13.0. The summed E-state index contributed by atoms with van der Waals surface area (Å²) in [7, 11) is 0. The second kappa shape index (κ2) is 6.16. The Labute approximate surface area is 111 Å². The van der Waals surface area contributed by atoms with E-state index in [0.717, 1.165) is 19.6 Å². The summed E-state index contributed by atoms with van der Waals surface area (Å²) in [6, 6.07) is 4.18. The maximum atomic E-state index is 12.9. The molecule has 0 radical (unpaired) electrons. The van der Waals surface area contributed by atoms with Gasteiger partial charge in [0.05, 0.1) is 5.02 Å². The van der Waals surface area contributed by atoms with Gasteiger partial charge in [-0.05, 0) is 44.1 Å². The lowest BCUT2D eigenvalue weighted by molar-refractivity contribution is -0.116. The summed E-state index contributed by atoms with van der Waals surface area (Å²) >= 11 is 5.64. The zero-order valence-corrected chi connectivity index (χ0v) is 10.8. The van der Waals surface area contributed by atoms with Gasteiger partial charge in [0.15, 0.2) is 0 Å². The lowest BCUT2D eigenvalue weighted by Gasteiger charge is -2.14. The third-order valence-corrected chi connectivity index (χ3v) is 3.35. The molecule has 0 aliphatic carbocycles. The number of nitrogens with zero attached hydrogens (tertiary/aromatic N) is 1. The Morgan fingerprint density at radius 1 is 1.39 bits per heavy atom. The van der Waals surface area contributed by atoms with Crippen molar-refractivity contribution in [2.24, 2.45) is 0 Å². The highest BCUT2D eigenvalue weighted by molar-refractivity contribution is 6.31. The van der Waals surface area contributed by atoms with Gasteiger partial charge >= 0.3 is 0 Å². The summed E-state index contributed by atoms with van der Waals surface area (Å²) in [5, 5.41) is 2.74. The van der Waals surface area contributed by atoms with Crippen molar-refractivity contribution in [1.82, 2.24) is 4.90 Å². The van der Waals surface area contributed by atoms with E-state index in [1.807, 2.05) is 0 Å². The maximum Gasteiger partial charge on any atom is 0.225 e. The van der Waals surface area contributed by atoms with E-state index in [0.29, 0.717) is 12.1 Å². The van der Waals surface area contributed by atoms with Crippen LogP contribution in [-0.4, -0.2) is 30.4 Å². The number of benzene rings is 1. The molecule has 1 fully saturated rings. The largest absolute Gasteiger partial charge is 0.326 e. The number of nitrogens with one attached hydrogen (secondary N) is 1. The molecule has 1 aromatic rings. The van der Waals surface area contributed by atoms with Crippen LogP contribution in [0.3, 0.4) is 0 Å². The van der Waals surface area contributed by atoms with E-state index in [4.69, 9.17) is 11.6 Å². The van der Waals surface area contributed by atoms with Gasteiger partial charge in [-0.1, -0.05) is 11.6 Å². The molecule has 1 amide bonds. The van der Waals surface area contributed by atoms with Crippen LogP contribution in [0.4, 0.5) is 10.1 Å². The minimum absolute atomic E-state index is 0.0207. The Balaban J connectivity index is 1.80. The average molecular weight is 271 g/mol. The Hall–Kier alpha value is -1.13. The number of anilines is 1. The Morgan fingerprint density at radius 2 is 2.11 bits per heavy atom. The summed E-state index contributed by atoms with van der Waals surface area (Å²) < 4.78 is 12.9. The van der Waals surface area contributed by atoms with Crippen molar-refractivity contribution in [3.05, 3.63) is 29.0 Å². The normalized spacial score (nSPS) is 15.9. The van der Waals surface area contributed by atoms with Gasteiger partial charge in [0.25, 0.3) is 0 Å². The van der Waals surface area contributed by atoms with Crippen LogP contribution in [0.5, 0.6) is 0 Å². The van der Waals surface area contributed by atoms with Crippen molar-refractivity contribution in [3.8, 4) is 0 Å². The molecule has 0 atom stereocenters. The van der Waals surface area contributed by atoms with Gasteiger partial charge in [0.1, 0.15) is 5.82 Å². The number of hydrogen-bond acceptors (Lipinski definition) is 2. The molecule has 98 valence electrons. The highest BCUT2D eigenvalue weighted by atomic mass is 35.5. The van der Waals surface area contributed by atoms with Crippen LogP contribution in [0.2, 0.25) is 5.02 Å². The molecule has 1 aliphatic rings. The van der Waals surface area contributed by atoms with E-state index >= 15 is 0 Å². The minimum Gasteiger partial charge on any atom is -0.326 e. The first-order valence-corrected chi connectivity index (χ1v) is 6.50. The van der Waals surface area contributed by atoms with Crippen molar-refractivity contribution in [2.45, 2.75) is 19.3 Å². The van der Waals surface area contributed by atoms with E-state index in [1.54, 1.807) is 0 Å². The van der Waals surface area contributed by atoms with E-state index in [2.05, 4.69) is 10.2 Å². The molecule has 2 rings (SSSR count). The average Bonchev–Trinajstić information content (AvgIpc) is 2.84. The summed E-state index contributed by atoms with van der Waals surface area (Å²) in [5.41, 5.74) is 0.535. The fraction of sp³-hybridized carbons (Fsp3) is 0.462. The van der Waals surface area contributed by atoms with Gasteiger partial charge in [0, 0.05) is 18.7 Å². The van der Waals surface area contributed by atoms with Gasteiger partial charge in [0.2, 0.25) is 5.91 Å². The van der Waals surface area contributed by atoms with Gasteiger partial charge in [-0.25, -0.2) is 4.39 Å². The van der Waals surface area contributed by atoms with Crippen molar-refractivity contribution < 1.29 is 9.18 Å². The molecular formula is C13H16ClFN2O. The summed E-state index contributed by atoms with van der Waals surface area (Å²) in [6.45, 7) is 2.94. The Bertz CT molecular complexity index is 433. The molecule has 1 heterocycles. The molecule has 0 spiro atoms. The molecule has 1 N–H and O–H groups in total. The predicted molar refractivity (Wildman–Crippen MR) is 70.3 cm³/mol. The number of carbonyl (C=O) groups is 1. The molecule has 5 heteroatoms. The molecule has 1 aromatic carbocycles. The van der Waals surface area contributed by atoms with Gasteiger partial charge in [-0.15, -0.1) is 0 Å². The highest BCUT2D eigenvalue weighted by Gasteiger charge is 2.13. The summed E-state index contributed by atoms with van der Waals surface area (Å²) in [6.07, 6.45) is 2.89. The quantitative estimate of drug-likeness (QED) is 0.912. The fourth-order valence-electron chi connectivity index (χ4n) is 2.06. The number of rotatable bonds is 4. The van der Waals surface area contributed by atoms with E-state index in [9.17, 15) is 9.18 Å².